The number of aliphatic carboxylic acids is 1. The van der Waals surface area contributed by atoms with Crippen molar-refractivity contribution in [3.63, 3.8) is 0 Å². The normalized spacial score (nSPS) is 10.4. The van der Waals surface area contributed by atoms with Crippen LogP contribution in [-0.4, -0.2) is 29.1 Å². The maximum Gasteiger partial charge on any atom is 0.303 e. The smallest absolute Gasteiger partial charge is 0.303 e. The number of carboxylic acids is 1. The molecule has 1 aromatic carbocycles. The molecule has 1 amide bonds. The minimum atomic E-state index is -0.995. The fraction of sp³-hybridized carbons (Fsp3) is 0.312. The van der Waals surface area contributed by atoms with Gasteiger partial charge in [-0.1, -0.05) is 0 Å². The number of amides is 1. The van der Waals surface area contributed by atoms with Crippen molar-refractivity contribution < 1.29 is 19.4 Å². The van der Waals surface area contributed by atoms with Gasteiger partial charge in [-0.15, -0.1) is 11.3 Å². The summed E-state index contributed by atoms with van der Waals surface area (Å²) < 4.78 is 5.25. The largest absolute Gasteiger partial charge is 0.496 e. The van der Waals surface area contributed by atoms with Crippen LogP contribution in [0.5, 0.6) is 5.75 Å². The Kier molecular flexibility index (Phi) is 5.33. The molecule has 7 heteroatoms. The van der Waals surface area contributed by atoms with Crippen molar-refractivity contribution in [2.45, 2.75) is 26.7 Å². The van der Waals surface area contributed by atoms with Crippen LogP contribution in [0.4, 0.5) is 5.13 Å². The molecule has 0 fully saturated rings. The molecule has 2 rings (SSSR count). The highest BCUT2D eigenvalue weighted by Gasteiger charge is 2.13. The maximum atomic E-state index is 11.7. The molecule has 0 atom stereocenters. The number of benzene rings is 1. The Morgan fingerprint density at radius 2 is 2.04 bits per heavy atom. The number of aromatic nitrogens is 1. The number of carbonyl (C=O) groups is 2. The van der Waals surface area contributed by atoms with Gasteiger partial charge in [-0.05, 0) is 37.6 Å². The van der Waals surface area contributed by atoms with E-state index in [1.165, 1.54) is 11.3 Å². The van der Waals surface area contributed by atoms with E-state index in [1.807, 2.05) is 32.0 Å². The lowest BCUT2D eigenvalue weighted by Gasteiger charge is -2.06. The van der Waals surface area contributed by atoms with Crippen molar-refractivity contribution in [2.24, 2.45) is 0 Å². The quantitative estimate of drug-likeness (QED) is 0.846. The lowest BCUT2D eigenvalue weighted by molar-refractivity contribution is -0.138. The van der Waals surface area contributed by atoms with Crippen molar-refractivity contribution >= 4 is 28.3 Å². The zero-order valence-electron chi connectivity index (χ0n) is 13.2. The van der Waals surface area contributed by atoms with E-state index in [0.29, 0.717) is 5.13 Å². The number of hydrogen-bond acceptors (Lipinski definition) is 5. The van der Waals surface area contributed by atoms with Crippen LogP contribution in [0.15, 0.2) is 18.2 Å². The van der Waals surface area contributed by atoms with E-state index >= 15 is 0 Å². The predicted octanol–water partition coefficient (Wildman–Crippen LogP) is 3.24. The standard InChI is InChI=1S/C16H18N2O4S/c1-9-8-11(4-5-12(9)22-3)15-10(2)23-16(18-15)17-13(19)6-7-14(20)21/h4-5,8H,6-7H2,1-3H3,(H,20,21)(H,17,18,19). The van der Waals surface area contributed by atoms with Crippen LogP contribution in [0, 0.1) is 13.8 Å². The second kappa shape index (κ2) is 7.23. The van der Waals surface area contributed by atoms with E-state index in [0.717, 1.165) is 27.4 Å². The number of nitrogens with zero attached hydrogens (tertiary/aromatic N) is 1. The minimum Gasteiger partial charge on any atom is -0.496 e. The average Bonchev–Trinajstić information content (AvgIpc) is 2.85. The van der Waals surface area contributed by atoms with Gasteiger partial charge in [-0.2, -0.15) is 0 Å². The molecule has 2 aromatic rings. The summed E-state index contributed by atoms with van der Waals surface area (Å²) in [4.78, 5) is 27.6. The fourth-order valence-electron chi connectivity index (χ4n) is 2.15. The molecule has 0 bridgehead atoms. The average molecular weight is 334 g/mol. The van der Waals surface area contributed by atoms with E-state index in [4.69, 9.17) is 9.84 Å². The van der Waals surface area contributed by atoms with Crippen LogP contribution in [0.1, 0.15) is 23.3 Å². The lowest BCUT2D eigenvalue weighted by Crippen LogP contribution is -2.12. The Hall–Kier alpha value is -2.41. The van der Waals surface area contributed by atoms with E-state index in [9.17, 15) is 9.59 Å². The van der Waals surface area contributed by atoms with E-state index < -0.39 is 5.97 Å². The molecule has 0 aliphatic rings. The van der Waals surface area contributed by atoms with Crippen molar-refractivity contribution in [3.8, 4) is 17.0 Å². The molecule has 0 aliphatic carbocycles. The molecule has 1 aromatic heterocycles. The van der Waals surface area contributed by atoms with Crippen LogP contribution in [0.3, 0.4) is 0 Å². The third kappa shape index (κ3) is 4.29. The molecular weight excluding hydrogens is 316 g/mol. The molecule has 0 aliphatic heterocycles. The number of anilines is 1. The van der Waals surface area contributed by atoms with Crippen molar-refractivity contribution in [1.29, 1.82) is 0 Å². The molecule has 6 nitrogen and oxygen atoms in total. The number of hydrogen-bond donors (Lipinski definition) is 2. The third-order valence-electron chi connectivity index (χ3n) is 3.28. The van der Waals surface area contributed by atoms with Crippen LogP contribution < -0.4 is 10.1 Å². The molecule has 0 saturated carbocycles. The van der Waals surface area contributed by atoms with Crippen LogP contribution >= 0.6 is 11.3 Å². The SMILES string of the molecule is COc1ccc(-c2nc(NC(=O)CCC(=O)O)sc2C)cc1C. The Balaban J connectivity index is 2.16. The number of carboxylic acid groups (broad SMARTS) is 1. The Bertz CT molecular complexity index is 740. The second-order valence-electron chi connectivity index (χ2n) is 5.05. The Morgan fingerprint density at radius 1 is 1.30 bits per heavy atom. The molecule has 2 N–H and O–H groups in total. The summed E-state index contributed by atoms with van der Waals surface area (Å²) in [6.07, 6.45) is -0.258. The van der Waals surface area contributed by atoms with Crippen LogP contribution in [0.2, 0.25) is 0 Å². The van der Waals surface area contributed by atoms with E-state index in [-0.39, 0.29) is 18.7 Å². The summed E-state index contributed by atoms with van der Waals surface area (Å²) in [6.45, 7) is 3.89. The van der Waals surface area contributed by atoms with Gasteiger partial charge in [-0.3, -0.25) is 9.59 Å². The van der Waals surface area contributed by atoms with Gasteiger partial charge >= 0.3 is 5.97 Å². The molecule has 1 heterocycles. The van der Waals surface area contributed by atoms with Gasteiger partial charge in [-0.25, -0.2) is 4.98 Å². The van der Waals surface area contributed by atoms with Crippen LogP contribution in [-0.2, 0) is 9.59 Å². The first-order chi connectivity index (χ1) is 10.9. The highest BCUT2D eigenvalue weighted by molar-refractivity contribution is 7.16. The summed E-state index contributed by atoms with van der Waals surface area (Å²) >= 11 is 1.37. The minimum absolute atomic E-state index is 0.0645. The number of nitrogens with one attached hydrogen (secondary N) is 1. The Morgan fingerprint density at radius 3 is 2.65 bits per heavy atom. The third-order valence-corrected chi connectivity index (χ3v) is 4.16. The Labute approximate surface area is 138 Å². The van der Waals surface area contributed by atoms with Gasteiger partial charge in [0.25, 0.3) is 0 Å². The van der Waals surface area contributed by atoms with Gasteiger partial charge in [0.15, 0.2) is 5.13 Å². The predicted molar refractivity (Wildman–Crippen MR) is 89.1 cm³/mol. The second-order valence-corrected chi connectivity index (χ2v) is 6.25. The van der Waals surface area contributed by atoms with Gasteiger partial charge in [0, 0.05) is 16.9 Å². The number of carbonyl (C=O) groups excluding carboxylic acids is 1. The number of ether oxygens (including phenoxy) is 1. The number of aryl methyl sites for hydroxylation is 2. The highest BCUT2D eigenvalue weighted by atomic mass is 32.1. The number of thiazole rings is 1. The van der Waals surface area contributed by atoms with Crippen LogP contribution in [0.25, 0.3) is 11.3 Å². The van der Waals surface area contributed by atoms with Crippen molar-refractivity contribution in [1.82, 2.24) is 4.98 Å². The zero-order chi connectivity index (χ0) is 17.0. The molecule has 0 saturated heterocycles. The zero-order valence-corrected chi connectivity index (χ0v) is 14.0. The van der Waals surface area contributed by atoms with Crippen molar-refractivity contribution in [3.05, 3.63) is 28.6 Å². The molecule has 0 radical (unpaired) electrons. The van der Waals surface area contributed by atoms with Gasteiger partial charge < -0.3 is 15.2 Å². The topological polar surface area (TPSA) is 88.5 Å². The summed E-state index contributed by atoms with van der Waals surface area (Å²) in [5.74, 6) is -0.535. The molecule has 23 heavy (non-hydrogen) atoms. The number of methoxy groups -OCH3 is 1. The molecule has 0 unspecified atom stereocenters. The summed E-state index contributed by atoms with van der Waals surface area (Å²) in [5, 5.41) is 11.7. The first-order valence-electron chi connectivity index (χ1n) is 7.04. The summed E-state index contributed by atoms with van der Waals surface area (Å²) in [5.41, 5.74) is 2.75. The monoisotopic (exact) mass is 334 g/mol. The lowest BCUT2D eigenvalue weighted by atomic mass is 10.1. The van der Waals surface area contributed by atoms with Gasteiger partial charge in [0.1, 0.15) is 5.75 Å². The molecule has 0 spiro atoms. The number of rotatable bonds is 6. The van der Waals surface area contributed by atoms with Gasteiger partial charge in [0.05, 0.1) is 19.2 Å². The highest BCUT2D eigenvalue weighted by Crippen LogP contribution is 2.32. The summed E-state index contributed by atoms with van der Waals surface area (Å²) in [6, 6.07) is 5.79. The van der Waals surface area contributed by atoms with E-state index in [1.54, 1.807) is 7.11 Å². The molecule has 122 valence electrons. The first kappa shape index (κ1) is 17.0. The fourth-order valence-corrected chi connectivity index (χ4v) is 3.00. The first-order valence-corrected chi connectivity index (χ1v) is 7.86. The van der Waals surface area contributed by atoms with Crippen molar-refractivity contribution in [2.75, 3.05) is 12.4 Å². The van der Waals surface area contributed by atoms with Gasteiger partial charge in [0.2, 0.25) is 5.91 Å². The molecular formula is C16H18N2O4S. The summed E-state index contributed by atoms with van der Waals surface area (Å²) in [7, 11) is 1.63. The maximum absolute atomic E-state index is 11.7. The van der Waals surface area contributed by atoms with E-state index in [2.05, 4.69) is 10.3 Å².